The van der Waals surface area contributed by atoms with Gasteiger partial charge in [0, 0.05) is 38.8 Å². The predicted octanol–water partition coefficient (Wildman–Crippen LogP) is 3.03. The van der Waals surface area contributed by atoms with Gasteiger partial charge in [-0.05, 0) is 50.8 Å². The normalized spacial score (nSPS) is 15.8. The number of carbonyl (C=O) groups is 2. The van der Waals surface area contributed by atoms with E-state index >= 15 is 0 Å². The van der Waals surface area contributed by atoms with E-state index in [1.165, 1.54) is 0 Å². The number of ether oxygens (including phenoxy) is 1. The minimum absolute atomic E-state index is 0.106. The zero-order chi connectivity index (χ0) is 23.0. The van der Waals surface area contributed by atoms with Crippen molar-refractivity contribution in [2.24, 2.45) is 10.9 Å². The fourth-order valence-electron chi connectivity index (χ4n) is 3.24. The lowest BCUT2D eigenvalue weighted by molar-refractivity contribution is -0.117. The average molecular weight is 432 g/mol. The van der Waals surface area contributed by atoms with Gasteiger partial charge >= 0.3 is 6.09 Å². The van der Waals surface area contributed by atoms with Gasteiger partial charge in [0.05, 0.1) is 6.04 Å². The van der Waals surface area contributed by atoms with E-state index in [9.17, 15) is 9.59 Å². The zero-order valence-electron chi connectivity index (χ0n) is 19.6. The topological polar surface area (TPSA) is 95.1 Å². The summed E-state index contributed by atoms with van der Waals surface area (Å²) in [6.45, 7) is 11.5. The van der Waals surface area contributed by atoms with Gasteiger partial charge in [-0.15, -0.1) is 0 Å². The molecule has 0 aromatic heterocycles. The van der Waals surface area contributed by atoms with Gasteiger partial charge in [-0.3, -0.25) is 9.79 Å². The second kappa shape index (κ2) is 11.0. The highest BCUT2D eigenvalue weighted by molar-refractivity contribution is 5.95. The maximum Gasteiger partial charge on any atom is 0.407 e. The van der Waals surface area contributed by atoms with Crippen molar-refractivity contribution < 1.29 is 14.3 Å². The van der Waals surface area contributed by atoms with E-state index in [1.54, 1.807) is 7.05 Å². The molecule has 1 aliphatic heterocycles. The van der Waals surface area contributed by atoms with Gasteiger partial charge in [0.25, 0.3) is 0 Å². The predicted molar refractivity (Wildman–Crippen MR) is 124 cm³/mol. The summed E-state index contributed by atoms with van der Waals surface area (Å²) in [4.78, 5) is 30.1. The number of anilines is 1. The molecule has 0 aliphatic carbocycles. The number of amides is 2. The summed E-state index contributed by atoms with van der Waals surface area (Å²) in [5, 5.41) is 9.47. The second-order valence-corrected chi connectivity index (χ2v) is 9.12. The smallest absolute Gasteiger partial charge is 0.407 e. The van der Waals surface area contributed by atoms with E-state index in [0.29, 0.717) is 25.5 Å². The summed E-state index contributed by atoms with van der Waals surface area (Å²) in [6, 6.07) is 7.89. The Morgan fingerprint density at radius 3 is 2.39 bits per heavy atom. The molecular formula is C23H37N5O3. The summed E-state index contributed by atoms with van der Waals surface area (Å²) in [5.74, 6) is 1.06. The fraction of sp³-hybridized carbons (Fsp3) is 0.609. The third-order valence-corrected chi connectivity index (χ3v) is 5.00. The van der Waals surface area contributed by atoms with Gasteiger partial charge in [0.2, 0.25) is 5.91 Å². The van der Waals surface area contributed by atoms with Crippen LogP contribution in [0, 0.1) is 5.92 Å². The number of alkyl carbamates (subject to hydrolysis) is 1. The Morgan fingerprint density at radius 1 is 1.19 bits per heavy atom. The first-order valence-electron chi connectivity index (χ1n) is 10.9. The second-order valence-electron chi connectivity index (χ2n) is 9.12. The van der Waals surface area contributed by atoms with E-state index in [4.69, 9.17) is 4.74 Å². The molecule has 8 nitrogen and oxygen atoms in total. The molecule has 1 heterocycles. The standard InChI is InChI=1S/C23H37N5O3/c1-16(2)19(27-22(30)31-23(3,4)5)15-26-21(24-6)25-14-17-9-11-18(12-10-17)28-13-7-8-20(28)29/h9-12,16,19H,7-8,13-15H2,1-6H3,(H,27,30)(H2,24,25,26). The minimum Gasteiger partial charge on any atom is -0.444 e. The number of hydrogen-bond acceptors (Lipinski definition) is 4. The maximum atomic E-state index is 12.1. The number of aliphatic imine (C=N–C) groups is 1. The van der Waals surface area contributed by atoms with E-state index in [2.05, 4.69) is 20.9 Å². The molecule has 1 aromatic rings. The van der Waals surface area contributed by atoms with Crippen molar-refractivity contribution in [2.45, 2.75) is 65.6 Å². The van der Waals surface area contributed by atoms with Crippen molar-refractivity contribution >= 4 is 23.6 Å². The molecule has 1 saturated heterocycles. The highest BCUT2D eigenvalue weighted by Crippen LogP contribution is 2.21. The molecule has 1 aromatic carbocycles. The molecule has 2 amide bonds. The van der Waals surface area contributed by atoms with Crippen molar-refractivity contribution in [2.75, 3.05) is 25.0 Å². The quantitative estimate of drug-likeness (QED) is 0.456. The number of nitrogens with one attached hydrogen (secondary N) is 3. The molecule has 1 atom stereocenters. The number of guanidine groups is 1. The Morgan fingerprint density at radius 2 is 1.87 bits per heavy atom. The lowest BCUT2D eigenvalue weighted by atomic mass is 10.0. The number of carbonyl (C=O) groups excluding carboxylic acids is 2. The first kappa shape index (κ1) is 24.5. The molecular weight excluding hydrogens is 394 g/mol. The van der Waals surface area contributed by atoms with Gasteiger partial charge < -0.3 is 25.6 Å². The molecule has 3 N–H and O–H groups in total. The molecule has 0 spiro atoms. The molecule has 8 heteroatoms. The molecule has 0 bridgehead atoms. The third-order valence-electron chi connectivity index (χ3n) is 5.00. The number of rotatable bonds is 7. The molecule has 0 saturated carbocycles. The maximum absolute atomic E-state index is 12.1. The SMILES string of the molecule is CN=C(NCc1ccc(N2CCCC2=O)cc1)NCC(NC(=O)OC(C)(C)C)C(C)C. The van der Waals surface area contributed by atoms with E-state index in [1.807, 2.05) is 63.8 Å². The van der Waals surface area contributed by atoms with Crippen molar-refractivity contribution in [3.8, 4) is 0 Å². The molecule has 1 fully saturated rings. The highest BCUT2D eigenvalue weighted by Gasteiger charge is 2.22. The van der Waals surface area contributed by atoms with Crippen LogP contribution in [0.1, 0.15) is 53.0 Å². The molecule has 1 aliphatic rings. The molecule has 31 heavy (non-hydrogen) atoms. The summed E-state index contributed by atoms with van der Waals surface area (Å²) in [7, 11) is 1.71. The van der Waals surface area contributed by atoms with Crippen LogP contribution in [-0.4, -0.2) is 49.7 Å². The van der Waals surface area contributed by atoms with Gasteiger partial charge in [-0.2, -0.15) is 0 Å². The Kier molecular flexibility index (Phi) is 8.71. The van der Waals surface area contributed by atoms with Crippen LogP contribution < -0.4 is 20.9 Å². The molecule has 0 radical (unpaired) electrons. The summed E-state index contributed by atoms with van der Waals surface area (Å²) in [5.41, 5.74) is 1.50. The highest BCUT2D eigenvalue weighted by atomic mass is 16.6. The summed E-state index contributed by atoms with van der Waals surface area (Å²) < 4.78 is 5.36. The van der Waals surface area contributed by atoms with Gasteiger partial charge in [0.1, 0.15) is 5.60 Å². The van der Waals surface area contributed by atoms with Crippen molar-refractivity contribution in [3.63, 3.8) is 0 Å². The first-order chi connectivity index (χ1) is 14.6. The molecule has 172 valence electrons. The Hall–Kier alpha value is -2.77. The molecule has 1 unspecified atom stereocenters. The van der Waals surface area contributed by atoms with Crippen LogP contribution in [-0.2, 0) is 16.1 Å². The fourth-order valence-corrected chi connectivity index (χ4v) is 3.24. The van der Waals surface area contributed by atoms with E-state index < -0.39 is 11.7 Å². The lowest BCUT2D eigenvalue weighted by Crippen LogP contribution is -2.50. The van der Waals surface area contributed by atoms with Crippen LogP contribution >= 0.6 is 0 Å². The number of benzene rings is 1. The summed E-state index contributed by atoms with van der Waals surface area (Å²) in [6.07, 6.45) is 1.13. The zero-order valence-corrected chi connectivity index (χ0v) is 19.6. The minimum atomic E-state index is -0.533. The van der Waals surface area contributed by atoms with E-state index in [-0.39, 0.29) is 17.9 Å². The number of nitrogens with zero attached hydrogens (tertiary/aromatic N) is 2. The van der Waals surface area contributed by atoms with Gasteiger partial charge in [-0.1, -0.05) is 26.0 Å². The van der Waals surface area contributed by atoms with Crippen molar-refractivity contribution in [1.82, 2.24) is 16.0 Å². The van der Waals surface area contributed by atoms with Gasteiger partial charge in [0.15, 0.2) is 5.96 Å². The van der Waals surface area contributed by atoms with Crippen molar-refractivity contribution in [3.05, 3.63) is 29.8 Å². The average Bonchev–Trinajstić information content (AvgIpc) is 3.12. The van der Waals surface area contributed by atoms with Crippen LogP contribution in [0.3, 0.4) is 0 Å². The van der Waals surface area contributed by atoms with Crippen LogP contribution in [0.5, 0.6) is 0 Å². The third kappa shape index (κ3) is 8.11. The Bertz CT molecular complexity index is 768. The van der Waals surface area contributed by atoms with Crippen molar-refractivity contribution in [1.29, 1.82) is 0 Å². The van der Waals surface area contributed by atoms with E-state index in [0.717, 1.165) is 24.2 Å². The molecule has 2 rings (SSSR count). The Labute approximate surface area is 185 Å². The van der Waals surface area contributed by atoms with Crippen LogP contribution in [0.2, 0.25) is 0 Å². The first-order valence-corrected chi connectivity index (χ1v) is 10.9. The van der Waals surface area contributed by atoms with Gasteiger partial charge in [-0.25, -0.2) is 4.79 Å². The largest absolute Gasteiger partial charge is 0.444 e. The lowest BCUT2D eigenvalue weighted by Gasteiger charge is -2.26. The van der Waals surface area contributed by atoms with Crippen LogP contribution in [0.4, 0.5) is 10.5 Å². The Balaban J connectivity index is 1.84. The number of hydrogen-bond donors (Lipinski definition) is 3. The van der Waals surface area contributed by atoms with Crippen LogP contribution in [0.15, 0.2) is 29.3 Å². The monoisotopic (exact) mass is 431 g/mol. The summed E-state index contributed by atoms with van der Waals surface area (Å²) >= 11 is 0. The van der Waals surface area contributed by atoms with Crippen LogP contribution in [0.25, 0.3) is 0 Å².